The molecular weight excluding hydrogens is 292 g/mol. The van der Waals surface area contributed by atoms with Crippen LogP contribution in [-0.4, -0.2) is 32.8 Å². The zero-order valence-electron chi connectivity index (χ0n) is 12.4. The molecule has 0 saturated carbocycles. The van der Waals surface area contributed by atoms with Crippen molar-refractivity contribution in [1.29, 1.82) is 0 Å². The normalized spacial score (nSPS) is 12.2. The number of methoxy groups -OCH3 is 1. The maximum absolute atomic E-state index is 11.8. The minimum absolute atomic E-state index is 0.0690. The molecular formula is C14H20N2O4S. The van der Waals surface area contributed by atoms with Crippen molar-refractivity contribution in [3.8, 4) is 5.75 Å². The van der Waals surface area contributed by atoms with Gasteiger partial charge >= 0.3 is 0 Å². The lowest BCUT2D eigenvalue weighted by Gasteiger charge is -2.09. The Balaban J connectivity index is 2.53. The van der Waals surface area contributed by atoms with Gasteiger partial charge in [-0.15, -0.1) is 0 Å². The summed E-state index contributed by atoms with van der Waals surface area (Å²) in [4.78, 5) is 0.0690. The van der Waals surface area contributed by atoms with Crippen LogP contribution in [0.1, 0.15) is 13.8 Å². The van der Waals surface area contributed by atoms with Crippen LogP contribution in [-0.2, 0) is 21.3 Å². The molecule has 0 unspecified atom stereocenters. The molecule has 1 aromatic carbocycles. The molecule has 0 aliphatic carbocycles. The maximum atomic E-state index is 11.8. The summed E-state index contributed by atoms with van der Waals surface area (Å²) in [6.45, 7) is 4.93. The number of hydrogen-bond donors (Lipinski definition) is 1. The van der Waals surface area contributed by atoms with Gasteiger partial charge in [-0.2, -0.15) is 0 Å². The SMILES string of the molecule is COc1cccc2c1c(S(N)(=O)=O)cn2CCOC(C)C. The molecule has 6 nitrogen and oxygen atoms in total. The van der Waals surface area contributed by atoms with E-state index in [2.05, 4.69) is 0 Å². The van der Waals surface area contributed by atoms with Gasteiger partial charge < -0.3 is 14.0 Å². The third-order valence-electron chi connectivity index (χ3n) is 3.14. The summed E-state index contributed by atoms with van der Waals surface area (Å²) in [6.07, 6.45) is 1.66. The van der Waals surface area contributed by atoms with Crippen molar-refractivity contribution in [2.24, 2.45) is 5.14 Å². The molecule has 1 aromatic heterocycles. The predicted octanol–water partition coefficient (Wildman–Crippen LogP) is 1.72. The van der Waals surface area contributed by atoms with E-state index in [4.69, 9.17) is 14.6 Å². The number of benzene rings is 1. The van der Waals surface area contributed by atoms with E-state index in [1.54, 1.807) is 6.07 Å². The third-order valence-corrected chi connectivity index (χ3v) is 4.07. The summed E-state index contributed by atoms with van der Waals surface area (Å²) < 4.78 is 36.2. The Hall–Kier alpha value is -1.57. The molecule has 1 heterocycles. The van der Waals surface area contributed by atoms with Crippen LogP contribution in [0, 0.1) is 0 Å². The van der Waals surface area contributed by atoms with Gasteiger partial charge in [0.2, 0.25) is 10.0 Å². The molecule has 21 heavy (non-hydrogen) atoms. The Kier molecular flexibility index (Phi) is 4.55. The van der Waals surface area contributed by atoms with Crippen LogP contribution in [0.25, 0.3) is 10.9 Å². The molecule has 0 amide bonds. The number of ether oxygens (including phenoxy) is 2. The first kappa shape index (κ1) is 15.8. The van der Waals surface area contributed by atoms with Gasteiger partial charge in [-0.3, -0.25) is 0 Å². The van der Waals surface area contributed by atoms with Crippen LogP contribution < -0.4 is 9.88 Å². The molecule has 0 saturated heterocycles. The van der Waals surface area contributed by atoms with Gasteiger partial charge in [-0.1, -0.05) is 6.07 Å². The fourth-order valence-corrected chi connectivity index (χ4v) is 3.00. The largest absolute Gasteiger partial charge is 0.496 e. The van der Waals surface area contributed by atoms with E-state index in [-0.39, 0.29) is 11.0 Å². The monoisotopic (exact) mass is 312 g/mol. The lowest BCUT2D eigenvalue weighted by Crippen LogP contribution is -2.12. The van der Waals surface area contributed by atoms with E-state index in [9.17, 15) is 8.42 Å². The van der Waals surface area contributed by atoms with Crippen molar-refractivity contribution in [1.82, 2.24) is 4.57 Å². The van der Waals surface area contributed by atoms with E-state index >= 15 is 0 Å². The Bertz CT molecular complexity index is 735. The number of nitrogens with zero attached hydrogens (tertiary/aromatic N) is 1. The summed E-state index contributed by atoms with van der Waals surface area (Å²) in [5, 5.41) is 5.82. The van der Waals surface area contributed by atoms with Crippen LogP contribution in [0.2, 0.25) is 0 Å². The quantitative estimate of drug-likeness (QED) is 0.880. The average Bonchev–Trinajstić information content (AvgIpc) is 2.77. The van der Waals surface area contributed by atoms with E-state index in [1.807, 2.05) is 30.5 Å². The molecule has 2 rings (SSSR count). The van der Waals surface area contributed by atoms with Crippen molar-refractivity contribution in [2.45, 2.75) is 31.4 Å². The molecule has 0 atom stereocenters. The summed E-state index contributed by atoms with van der Waals surface area (Å²) in [5.41, 5.74) is 0.755. The molecule has 2 aromatic rings. The van der Waals surface area contributed by atoms with E-state index in [1.165, 1.54) is 13.3 Å². The van der Waals surface area contributed by atoms with Gasteiger partial charge in [-0.25, -0.2) is 13.6 Å². The molecule has 116 valence electrons. The molecule has 0 spiro atoms. The highest BCUT2D eigenvalue weighted by Crippen LogP contribution is 2.32. The Morgan fingerprint density at radius 2 is 2.05 bits per heavy atom. The Morgan fingerprint density at radius 3 is 2.62 bits per heavy atom. The molecule has 2 N–H and O–H groups in total. The lowest BCUT2D eigenvalue weighted by molar-refractivity contribution is 0.0733. The number of rotatable bonds is 6. The first-order valence-corrected chi connectivity index (χ1v) is 8.19. The van der Waals surface area contributed by atoms with Crippen LogP contribution in [0.5, 0.6) is 5.75 Å². The maximum Gasteiger partial charge on any atom is 0.240 e. The number of nitrogens with two attached hydrogens (primary N) is 1. The van der Waals surface area contributed by atoms with Crippen molar-refractivity contribution in [3.63, 3.8) is 0 Å². The fraction of sp³-hybridized carbons (Fsp3) is 0.429. The van der Waals surface area contributed by atoms with Gasteiger partial charge in [0.1, 0.15) is 10.6 Å². The van der Waals surface area contributed by atoms with Gasteiger partial charge in [-0.05, 0) is 26.0 Å². The average molecular weight is 312 g/mol. The fourth-order valence-electron chi connectivity index (χ4n) is 2.24. The van der Waals surface area contributed by atoms with Crippen LogP contribution in [0.3, 0.4) is 0 Å². The first-order valence-electron chi connectivity index (χ1n) is 6.65. The first-order chi connectivity index (χ1) is 9.84. The number of sulfonamides is 1. The lowest BCUT2D eigenvalue weighted by atomic mass is 10.2. The number of fused-ring (bicyclic) bond motifs is 1. The minimum Gasteiger partial charge on any atom is -0.496 e. The summed E-state index contributed by atoms with van der Waals surface area (Å²) in [6, 6.07) is 5.36. The van der Waals surface area contributed by atoms with E-state index in [0.29, 0.717) is 24.3 Å². The zero-order chi connectivity index (χ0) is 15.6. The molecule has 0 radical (unpaired) electrons. The molecule has 0 aliphatic rings. The highest BCUT2D eigenvalue weighted by molar-refractivity contribution is 7.89. The van der Waals surface area contributed by atoms with Gasteiger partial charge in [0, 0.05) is 12.7 Å². The number of primary sulfonamides is 1. The van der Waals surface area contributed by atoms with E-state index in [0.717, 1.165) is 5.52 Å². The van der Waals surface area contributed by atoms with Crippen molar-refractivity contribution < 1.29 is 17.9 Å². The van der Waals surface area contributed by atoms with Crippen LogP contribution in [0.15, 0.2) is 29.3 Å². The van der Waals surface area contributed by atoms with Crippen molar-refractivity contribution >= 4 is 20.9 Å². The van der Waals surface area contributed by atoms with Crippen molar-refractivity contribution in [3.05, 3.63) is 24.4 Å². The standard InChI is InChI=1S/C14H20N2O4S/c1-10(2)20-8-7-16-9-13(21(15,17)18)14-11(16)5-4-6-12(14)19-3/h4-6,9-10H,7-8H2,1-3H3,(H2,15,17,18). The minimum atomic E-state index is -3.82. The third kappa shape index (κ3) is 3.37. The zero-order valence-corrected chi connectivity index (χ0v) is 13.2. The molecule has 0 bridgehead atoms. The summed E-state index contributed by atoms with van der Waals surface area (Å²) in [5.74, 6) is 0.486. The van der Waals surface area contributed by atoms with Gasteiger partial charge in [0.15, 0.2) is 0 Å². The molecule has 0 aliphatic heterocycles. The smallest absolute Gasteiger partial charge is 0.240 e. The predicted molar refractivity (Wildman–Crippen MR) is 81.0 cm³/mol. The van der Waals surface area contributed by atoms with Gasteiger partial charge in [0.25, 0.3) is 0 Å². The van der Waals surface area contributed by atoms with Crippen LogP contribution in [0.4, 0.5) is 0 Å². The highest BCUT2D eigenvalue weighted by atomic mass is 32.2. The molecule has 7 heteroatoms. The van der Waals surface area contributed by atoms with Crippen molar-refractivity contribution in [2.75, 3.05) is 13.7 Å². The number of hydrogen-bond acceptors (Lipinski definition) is 4. The highest BCUT2D eigenvalue weighted by Gasteiger charge is 2.20. The summed E-state index contributed by atoms with van der Waals surface area (Å²) in [7, 11) is -2.32. The molecule has 0 fully saturated rings. The van der Waals surface area contributed by atoms with Crippen LogP contribution >= 0.6 is 0 Å². The van der Waals surface area contributed by atoms with E-state index < -0.39 is 10.0 Å². The Morgan fingerprint density at radius 1 is 1.33 bits per heavy atom. The van der Waals surface area contributed by atoms with Gasteiger partial charge in [0.05, 0.1) is 30.7 Å². The second-order valence-electron chi connectivity index (χ2n) is 5.01. The second-order valence-corrected chi connectivity index (χ2v) is 6.54. The second kappa shape index (κ2) is 6.05. The summed E-state index contributed by atoms with van der Waals surface area (Å²) >= 11 is 0. The topological polar surface area (TPSA) is 83.5 Å². The number of aromatic nitrogens is 1. The Labute approximate surface area is 124 Å².